The number of nitrogens with zero attached hydrogens (tertiary/aromatic N) is 3. The molecule has 1 N–H and O–H groups in total. The molecule has 2 aromatic heterocycles. The molecular weight excluding hydrogens is 212 g/mol. The number of H-pyrrole nitrogens is 1. The van der Waals surface area contributed by atoms with Crippen molar-refractivity contribution >= 4 is 16.7 Å². The molecule has 4 nitrogen and oxygen atoms in total. The van der Waals surface area contributed by atoms with Crippen molar-refractivity contribution in [2.24, 2.45) is 0 Å². The summed E-state index contributed by atoms with van der Waals surface area (Å²) in [5.74, 6) is 0. The fourth-order valence-electron chi connectivity index (χ4n) is 2.53. The predicted octanol–water partition coefficient (Wildman–Crippen LogP) is 2.42. The van der Waals surface area contributed by atoms with Gasteiger partial charge in [0.2, 0.25) is 0 Å². The van der Waals surface area contributed by atoms with Crippen molar-refractivity contribution in [3.8, 4) is 6.07 Å². The summed E-state index contributed by atoms with van der Waals surface area (Å²) < 4.78 is 0. The number of aromatic nitrogens is 2. The van der Waals surface area contributed by atoms with Gasteiger partial charge in [-0.15, -0.1) is 0 Å². The van der Waals surface area contributed by atoms with E-state index in [1.807, 2.05) is 12.3 Å². The molecule has 4 heteroatoms. The summed E-state index contributed by atoms with van der Waals surface area (Å²) in [5, 5.41) is 10.1. The third-order valence-electron chi connectivity index (χ3n) is 3.37. The molecule has 17 heavy (non-hydrogen) atoms. The number of aromatic amines is 1. The van der Waals surface area contributed by atoms with Gasteiger partial charge in [0.25, 0.3) is 0 Å². The van der Waals surface area contributed by atoms with Crippen molar-refractivity contribution in [3.63, 3.8) is 0 Å². The van der Waals surface area contributed by atoms with Gasteiger partial charge in [0, 0.05) is 25.5 Å². The van der Waals surface area contributed by atoms with Crippen LogP contribution in [0.25, 0.3) is 11.0 Å². The van der Waals surface area contributed by atoms with Gasteiger partial charge in [-0.3, -0.25) is 0 Å². The highest BCUT2D eigenvalue weighted by atomic mass is 15.1. The lowest BCUT2D eigenvalue weighted by Gasteiger charge is -2.29. The van der Waals surface area contributed by atoms with Gasteiger partial charge < -0.3 is 9.88 Å². The van der Waals surface area contributed by atoms with Gasteiger partial charge in [-0.05, 0) is 25.3 Å². The summed E-state index contributed by atoms with van der Waals surface area (Å²) >= 11 is 0. The van der Waals surface area contributed by atoms with Crippen molar-refractivity contribution < 1.29 is 0 Å². The van der Waals surface area contributed by atoms with Crippen molar-refractivity contribution in [3.05, 3.63) is 24.0 Å². The van der Waals surface area contributed by atoms with Crippen LogP contribution in [0.1, 0.15) is 24.8 Å². The molecule has 1 aliphatic rings. The van der Waals surface area contributed by atoms with Crippen LogP contribution in [0.15, 0.2) is 18.5 Å². The number of hydrogen-bond donors (Lipinski definition) is 1. The van der Waals surface area contributed by atoms with Gasteiger partial charge in [0.15, 0.2) is 0 Å². The van der Waals surface area contributed by atoms with E-state index in [1.54, 1.807) is 6.20 Å². The van der Waals surface area contributed by atoms with Crippen molar-refractivity contribution in [1.29, 1.82) is 5.26 Å². The zero-order chi connectivity index (χ0) is 11.7. The number of hydrogen-bond acceptors (Lipinski definition) is 3. The molecule has 86 valence electrons. The number of nitriles is 1. The van der Waals surface area contributed by atoms with Crippen LogP contribution < -0.4 is 4.90 Å². The molecule has 0 unspecified atom stereocenters. The fraction of sp³-hybridized carbons (Fsp3) is 0.385. The minimum absolute atomic E-state index is 0.689. The Kier molecular flexibility index (Phi) is 2.45. The molecule has 3 rings (SSSR count). The maximum Gasteiger partial charge on any atom is 0.140 e. The number of pyridine rings is 1. The van der Waals surface area contributed by atoms with Crippen molar-refractivity contribution in [2.45, 2.75) is 19.3 Å². The second kappa shape index (κ2) is 4.10. The summed E-state index contributed by atoms with van der Waals surface area (Å²) in [6.07, 6.45) is 7.32. The van der Waals surface area contributed by atoms with E-state index in [-0.39, 0.29) is 0 Å². The normalized spacial score (nSPS) is 16.1. The van der Waals surface area contributed by atoms with Crippen LogP contribution in [-0.2, 0) is 0 Å². The molecule has 0 spiro atoms. The van der Waals surface area contributed by atoms with E-state index in [9.17, 15) is 0 Å². The zero-order valence-corrected chi connectivity index (χ0v) is 9.61. The molecular formula is C13H14N4. The molecule has 0 atom stereocenters. The summed E-state index contributed by atoms with van der Waals surface area (Å²) in [6.45, 7) is 2.16. The molecule has 1 aliphatic heterocycles. The highest BCUT2D eigenvalue weighted by molar-refractivity contribution is 5.94. The van der Waals surface area contributed by atoms with E-state index in [4.69, 9.17) is 5.26 Å². The first-order valence-electron chi connectivity index (χ1n) is 6.01. The lowest BCUT2D eigenvalue weighted by atomic mass is 10.1. The monoisotopic (exact) mass is 226 g/mol. The smallest absolute Gasteiger partial charge is 0.140 e. The number of piperidine rings is 1. The highest BCUT2D eigenvalue weighted by Crippen LogP contribution is 2.29. The van der Waals surface area contributed by atoms with Gasteiger partial charge in [-0.2, -0.15) is 5.26 Å². The standard InChI is InChI=1S/C13H14N4/c14-8-10-9-16-13-12(10)11(4-5-15-13)17-6-2-1-3-7-17/h4-5,9H,1-3,6-7H2,(H,15,16). The Bertz CT molecular complexity index is 573. The summed E-state index contributed by atoms with van der Waals surface area (Å²) in [6, 6.07) is 4.25. The van der Waals surface area contributed by atoms with Crippen LogP contribution in [0.5, 0.6) is 0 Å². The van der Waals surface area contributed by atoms with Crippen LogP contribution in [0.3, 0.4) is 0 Å². The maximum absolute atomic E-state index is 9.13. The first-order chi connectivity index (χ1) is 8.40. The number of nitrogens with one attached hydrogen (secondary N) is 1. The Hall–Kier alpha value is -2.02. The van der Waals surface area contributed by atoms with Crippen molar-refractivity contribution in [1.82, 2.24) is 9.97 Å². The summed E-state index contributed by atoms with van der Waals surface area (Å²) in [5.41, 5.74) is 2.64. The number of fused-ring (bicyclic) bond motifs is 1. The molecule has 0 radical (unpaired) electrons. The minimum Gasteiger partial charge on any atom is -0.371 e. The molecule has 3 heterocycles. The van der Waals surface area contributed by atoms with Crippen molar-refractivity contribution in [2.75, 3.05) is 18.0 Å². The van der Waals surface area contributed by atoms with E-state index in [2.05, 4.69) is 20.9 Å². The first kappa shape index (κ1) is 10.2. The SMILES string of the molecule is N#Cc1c[nH]c2nccc(N3CCCCC3)c12. The van der Waals surface area contributed by atoms with Gasteiger partial charge in [-0.1, -0.05) is 0 Å². The third kappa shape index (κ3) is 1.64. The fourth-order valence-corrected chi connectivity index (χ4v) is 2.53. The lowest BCUT2D eigenvalue weighted by molar-refractivity contribution is 0.579. The highest BCUT2D eigenvalue weighted by Gasteiger charge is 2.16. The second-order valence-corrected chi connectivity index (χ2v) is 4.42. The molecule has 1 saturated heterocycles. The molecule has 1 fully saturated rings. The van der Waals surface area contributed by atoms with E-state index >= 15 is 0 Å². The van der Waals surface area contributed by atoms with Gasteiger partial charge in [0.1, 0.15) is 11.7 Å². The molecule has 2 aromatic rings. The molecule has 0 aromatic carbocycles. The average molecular weight is 226 g/mol. The second-order valence-electron chi connectivity index (χ2n) is 4.42. The van der Waals surface area contributed by atoms with Crippen LogP contribution in [0.4, 0.5) is 5.69 Å². The Morgan fingerprint density at radius 3 is 2.88 bits per heavy atom. The molecule has 0 amide bonds. The number of rotatable bonds is 1. The maximum atomic E-state index is 9.13. The molecule has 0 saturated carbocycles. The van der Waals surface area contributed by atoms with E-state index < -0.39 is 0 Å². The van der Waals surface area contributed by atoms with Crippen LogP contribution >= 0.6 is 0 Å². The quantitative estimate of drug-likeness (QED) is 0.812. The van der Waals surface area contributed by atoms with E-state index in [1.165, 1.54) is 19.3 Å². The van der Waals surface area contributed by atoms with Crippen LogP contribution in [0.2, 0.25) is 0 Å². The molecule has 0 bridgehead atoms. The Labute approximate surface area is 99.9 Å². The van der Waals surface area contributed by atoms with Gasteiger partial charge in [-0.25, -0.2) is 4.98 Å². The van der Waals surface area contributed by atoms with E-state index in [0.717, 1.165) is 29.8 Å². The van der Waals surface area contributed by atoms with Crippen LogP contribution in [-0.4, -0.2) is 23.1 Å². The van der Waals surface area contributed by atoms with Crippen LogP contribution in [0, 0.1) is 11.3 Å². The first-order valence-corrected chi connectivity index (χ1v) is 6.01. The third-order valence-corrected chi connectivity index (χ3v) is 3.37. The summed E-state index contributed by atoms with van der Waals surface area (Å²) in [4.78, 5) is 9.69. The Morgan fingerprint density at radius 1 is 1.29 bits per heavy atom. The van der Waals surface area contributed by atoms with Gasteiger partial charge >= 0.3 is 0 Å². The topological polar surface area (TPSA) is 55.7 Å². The average Bonchev–Trinajstić information content (AvgIpc) is 2.82. The lowest BCUT2D eigenvalue weighted by Crippen LogP contribution is -2.29. The zero-order valence-electron chi connectivity index (χ0n) is 9.61. The summed E-state index contributed by atoms with van der Waals surface area (Å²) in [7, 11) is 0. The van der Waals surface area contributed by atoms with E-state index in [0.29, 0.717) is 5.56 Å². The Morgan fingerprint density at radius 2 is 2.12 bits per heavy atom. The Balaban J connectivity index is 2.14. The van der Waals surface area contributed by atoms with Gasteiger partial charge in [0.05, 0.1) is 16.6 Å². The number of anilines is 1. The molecule has 0 aliphatic carbocycles. The largest absolute Gasteiger partial charge is 0.371 e. The predicted molar refractivity (Wildman–Crippen MR) is 66.9 cm³/mol. The minimum atomic E-state index is 0.689.